The van der Waals surface area contributed by atoms with Gasteiger partial charge in [0.2, 0.25) is 0 Å². The lowest BCUT2D eigenvalue weighted by molar-refractivity contribution is 0.0447. The predicted molar refractivity (Wildman–Crippen MR) is 157 cm³/mol. The van der Waals surface area contributed by atoms with Gasteiger partial charge in [-0.2, -0.15) is 0 Å². The molecule has 0 spiro atoms. The fraction of sp³-hybridized carbons (Fsp3) is 0.441. The molecule has 0 radical (unpaired) electrons. The SMILES string of the molecule is CC(C)N(C(=O)OCc1ccccc1)C1CCN(CC2CN(Cc3ccccc3)CC2c2ccccc2)CC1. The van der Waals surface area contributed by atoms with E-state index in [2.05, 4.69) is 84.3 Å². The Labute approximate surface area is 234 Å². The number of carbonyl (C=O) groups is 1. The Morgan fingerprint density at radius 3 is 2.03 bits per heavy atom. The van der Waals surface area contributed by atoms with Crippen LogP contribution in [0.25, 0.3) is 0 Å². The number of ether oxygens (including phenoxy) is 1. The van der Waals surface area contributed by atoms with Crippen LogP contribution in [0.4, 0.5) is 4.79 Å². The summed E-state index contributed by atoms with van der Waals surface area (Å²) in [6, 6.07) is 32.2. The summed E-state index contributed by atoms with van der Waals surface area (Å²) in [6.45, 7) is 10.9. The minimum atomic E-state index is -0.191. The molecular weight excluding hydrogens is 482 g/mol. The zero-order valence-corrected chi connectivity index (χ0v) is 23.5. The molecule has 3 aromatic carbocycles. The van der Waals surface area contributed by atoms with Gasteiger partial charge in [0.05, 0.1) is 0 Å². The third-order valence-electron chi connectivity index (χ3n) is 8.41. The molecule has 2 aliphatic rings. The monoisotopic (exact) mass is 525 g/mol. The molecule has 2 saturated heterocycles. The Kier molecular flexibility index (Phi) is 9.33. The van der Waals surface area contributed by atoms with Crippen molar-refractivity contribution >= 4 is 6.09 Å². The van der Waals surface area contributed by atoms with E-state index in [0.717, 1.165) is 57.7 Å². The predicted octanol–water partition coefficient (Wildman–Crippen LogP) is 6.41. The number of piperidine rings is 1. The molecule has 0 aromatic heterocycles. The summed E-state index contributed by atoms with van der Waals surface area (Å²) in [4.78, 5) is 20.3. The van der Waals surface area contributed by atoms with Gasteiger partial charge in [-0.15, -0.1) is 0 Å². The molecule has 0 N–H and O–H groups in total. The summed E-state index contributed by atoms with van der Waals surface area (Å²) in [5, 5.41) is 0. The Hall–Kier alpha value is -3.15. The summed E-state index contributed by atoms with van der Waals surface area (Å²) >= 11 is 0. The molecule has 5 nitrogen and oxygen atoms in total. The highest BCUT2D eigenvalue weighted by molar-refractivity contribution is 5.68. The Bertz CT molecular complexity index is 1150. The molecule has 39 heavy (non-hydrogen) atoms. The maximum Gasteiger partial charge on any atom is 0.410 e. The van der Waals surface area contributed by atoms with Gasteiger partial charge in [-0.05, 0) is 49.3 Å². The summed E-state index contributed by atoms with van der Waals surface area (Å²) in [6.07, 6.45) is 1.80. The fourth-order valence-electron chi connectivity index (χ4n) is 6.48. The maximum atomic E-state index is 13.1. The number of nitrogens with zero attached hydrogens (tertiary/aromatic N) is 3. The highest BCUT2D eigenvalue weighted by Gasteiger charge is 2.37. The number of hydrogen-bond donors (Lipinski definition) is 0. The van der Waals surface area contributed by atoms with Gasteiger partial charge < -0.3 is 14.5 Å². The van der Waals surface area contributed by atoms with Crippen LogP contribution in [-0.4, -0.2) is 65.6 Å². The number of carbonyl (C=O) groups excluding carboxylic acids is 1. The highest BCUT2D eigenvalue weighted by Crippen LogP contribution is 2.35. The van der Waals surface area contributed by atoms with E-state index in [0.29, 0.717) is 18.4 Å². The first-order chi connectivity index (χ1) is 19.1. The largest absolute Gasteiger partial charge is 0.445 e. The third-order valence-corrected chi connectivity index (χ3v) is 8.41. The standard InChI is InChI=1S/C34H43N3O2/c1-27(2)37(34(38)39-26-29-14-8-4-9-15-29)32-18-20-35(21-19-32)23-31-24-36(22-28-12-6-3-7-13-28)25-33(31)30-16-10-5-11-17-30/h3-17,27,31-33H,18-26H2,1-2H3. The molecule has 0 saturated carbocycles. The van der Waals surface area contributed by atoms with Crippen molar-refractivity contribution in [3.63, 3.8) is 0 Å². The van der Waals surface area contributed by atoms with Crippen molar-refractivity contribution in [2.45, 2.75) is 57.8 Å². The average Bonchev–Trinajstić information content (AvgIpc) is 3.36. The Morgan fingerprint density at radius 1 is 0.821 bits per heavy atom. The van der Waals surface area contributed by atoms with Crippen LogP contribution in [0, 0.1) is 5.92 Å². The molecule has 2 atom stereocenters. The van der Waals surface area contributed by atoms with Crippen molar-refractivity contribution in [2.75, 3.05) is 32.7 Å². The molecule has 2 aliphatic heterocycles. The first-order valence-electron chi connectivity index (χ1n) is 14.6. The first-order valence-corrected chi connectivity index (χ1v) is 14.6. The van der Waals surface area contributed by atoms with Gasteiger partial charge in [0, 0.05) is 57.3 Å². The van der Waals surface area contributed by atoms with Gasteiger partial charge >= 0.3 is 6.09 Å². The summed E-state index contributed by atoms with van der Waals surface area (Å²) in [5.41, 5.74) is 3.87. The minimum Gasteiger partial charge on any atom is -0.445 e. The number of amides is 1. The van der Waals surface area contributed by atoms with E-state index in [1.165, 1.54) is 11.1 Å². The van der Waals surface area contributed by atoms with Gasteiger partial charge in [-0.25, -0.2) is 4.79 Å². The minimum absolute atomic E-state index is 0.119. The van der Waals surface area contributed by atoms with Crippen LogP contribution in [-0.2, 0) is 17.9 Å². The van der Waals surface area contributed by atoms with Crippen LogP contribution < -0.4 is 0 Å². The summed E-state index contributed by atoms with van der Waals surface area (Å²) < 4.78 is 5.73. The normalized spacial score (nSPS) is 20.8. The van der Waals surface area contributed by atoms with Crippen molar-refractivity contribution in [3.05, 3.63) is 108 Å². The van der Waals surface area contributed by atoms with Gasteiger partial charge in [0.15, 0.2) is 0 Å². The number of benzene rings is 3. The first kappa shape index (κ1) is 27.4. The maximum absolute atomic E-state index is 13.1. The van der Waals surface area contributed by atoms with Crippen molar-refractivity contribution in [1.82, 2.24) is 14.7 Å². The molecule has 0 aliphatic carbocycles. The van der Waals surface area contributed by atoms with Gasteiger partial charge in [0.25, 0.3) is 0 Å². The second-order valence-corrected chi connectivity index (χ2v) is 11.5. The molecule has 3 aromatic rings. The number of likely N-dealkylation sites (tertiary alicyclic amines) is 2. The van der Waals surface area contributed by atoms with Crippen molar-refractivity contribution in [1.29, 1.82) is 0 Å². The van der Waals surface area contributed by atoms with Crippen molar-refractivity contribution in [2.24, 2.45) is 5.92 Å². The zero-order chi connectivity index (χ0) is 27.0. The third kappa shape index (κ3) is 7.28. The molecule has 2 fully saturated rings. The second-order valence-electron chi connectivity index (χ2n) is 11.5. The van der Waals surface area contributed by atoms with Crippen LogP contribution in [0.2, 0.25) is 0 Å². The molecule has 0 bridgehead atoms. The highest BCUT2D eigenvalue weighted by atomic mass is 16.6. The second kappa shape index (κ2) is 13.3. The zero-order valence-electron chi connectivity index (χ0n) is 23.5. The van der Waals surface area contributed by atoms with Crippen molar-refractivity contribution < 1.29 is 9.53 Å². The number of hydrogen-bond acceptors (Lipinski definition) is 4. The van der Waals surface area contributed by atoms with Crippen LogP contribution in [0.15, 0.2) is 91.0 Å². The van der Waals surface area contributed by atoms with Crippen LogP contribution in [0.3, 0.4) is 0 Å². The van der Waals surface area contributed by atoms with Crippen LogP contribution >= 0.6 is 0 Å². The topological polar surface area (TPSA) is 36.0 Å². The molecule has 5 heteroatoms. The lowest BCUT2D eigenvalue weighted by atomic mass is 9.88. The Balaban J connectivity index is 1.18. The molecule has 1 amide bonds. The summed E-state index contributed by atoms with van der Waals surface area (Å²) in [5.74, 6) is 1.15. The smallest absolute Gasteiger partial charge is 0.410 e. The number of rotatable bonds is 9. The van der Waals surface area contributed by atoms with Gasteiger partial charge in [0.1, 0.15) is 6.61 Å². The van der Waals surface area contributed by atoms with Gasteiger partial charge in [-0.3, -0.25) is 4.90 Å². The van der Waals surface area contributed by atoms with E-state index < -0.39 is 0 Å². The fourth-order valence-corrected chi connectivity index (χ4v) is 6.48. The van der Waals surface area contributed by atoms with E-state index >= 15 is 0 Å². The molecule has 206 valence electrons. The lowest BCUT2D eigenvalue weighted by Crippen LogP contribution is -2.51. The van der Waals surface area contributed by atoms with E-state index in [9.17, 15) is 4.79 Å². The van der Waals surface area contributed by atoms with E-state index in [1.54, 1.807) is 0 Å². The van der Waals surface area contributed by atoms with E-state index in [-0.39, 0.29) is 18.2 Å². The molecular formula is C34H43N3O2. The van der Waals surface area contributed by atoms with Crippen molar-refractivity contribution in [3.8, 4) is 0 Å². The van der Waals surface area contributed by atoms with E-state index in [4.69, 9.17) is 4.74 Å². The molecule has 5 rings (SSSR count). The summed E-state index contributed by atoms with van der Waals surface area (Å²) in [7, 11) is 0. The lowest BCUT2D eigenvalue weighted by Gasteiger charge is -2.41. The van der Waals surface area contributed by atoms with Crippen LogP contribution in [0.5, 0.6) is 0 Å². The van der Waals surface area contributed by atoms with Gasteiger partial charge in [-0.1, -0.05) is 91.0 Å². The Morgan fingerprint density at radius 2 is 1.41 bits per heavy atom. The average molecular weight is 526 g/mol. The molecule has 2 unspecified atom stereocenters. The van der Waals surface area contributed by atoms with Crippen LogP contribution in [0.1, 0.15) is 49.3 Å². The quantitative estimate of drug-likeness (QED) is 0.323. The molecule has 2 heterocycles. The van der Waals surface area contributed by atoms with E-state index in [1.807, 2.05) is 35.2 Å².